The molecule has 0 saturated carbocycles. The van der Waals surface area contributed by atoms with Crippen molar-refractivity contribution in [3.8, 4) is 0 Å². The van der Waals surface area contributed by atoms with E-state index in [0.717, 1.165) is 23.4 Å². The minimum absolute atomic E-state index is 0.0525. The van der Waals surface area contributed by atoms with Gasteiger partial charge in [-0.2, -0.15) is 0 Å². The standard InChI is InChI=1S/C19H21F3N2O/c1-19(2,3)12-6-4-5-7-14(12)23-11-10-16(25)24-15-9-8-13(20)17(21)18(15)22/h4-9,23H,10-11H2,1-3H3,(H,24,25). The maximum atomic E-state index is 13.5. The van der Waals surface area contributed by atoms with Gasteiger partial charge in [0.2, 0.25) is 5.91 Å². The van der Waals surface area contributed by atoms with E-state index in [0.29, 0.717) is 6.54 Å². The Bertz CT molecular complexity index is 770. The molecule has 25 heavy (non-hydrogen) atoms. The molecule has 2 rings (SSSR count). The number of benzene rings is 2. The lowest BCUT2D eigenvalue weighted by Gasteiger charge is -2.23. The van der Waals surface area contributed by atoms with E-state index in [9.17, 15) is 18.0 Å². The minimum Gasteiger partial charge on any atom is -0.384 e. The van der Waals surface area contributed by atoms with Gasteiger partial charge in [0, 0.05) is 18.7 Å². The molecule has 1 amide bonds. The summed E-state index contributed by atoms with van der Waals surface area (Å²) < 4.78 is 39.6. The van der Waals surface area contributed by atoms with Crippen molar-refractivity contribution in [3.63, 3.8) is 0 Å². The molecule has 3 nitrogen and oxygen atoms in total. The highest BCUT2D eigenvalue weighted by Gasteiger charge is 2.18. The van der Waals surface area contributed by atoms with Crippen LogP contribution in [0.1, 0.15) is 32.8 Å². The number of anilines is 2. The minimum atomic E-state index is -1.60. The molecule has 0 saturated heterocycles. The van der Waals surface area contributed by atoms with Crippen LogP contribution in [0.25, 0.3) is 0 Å². The van der Waals surface area contributed by atoms with Crippen LogP contribution >= 0.6 is 0 Å². The summed E-state index contributed by atoms with van der Waals surface area (Å²) in [6, 6.07) is 9.55. The monoisotopic (exact) mass is 350 g/mol. The average molecular weight is 350 g/mol. The first-order valence-electron chi connectivity index (χ1n) is 7.97. The van der Waals surface area contributed by atoms with Crippen LogP contribution in [-0.4, -0.2) is 12.5 Å². The van der Waals surface area contributed by atoms with E-state index in [1.807, 2.05) is 24.3 Å². The summed E-state index contributed by atoms with van der Waals surface area (Å²) in [6.45, 7) is 6.59. The Morgan fingerprint density at radius 1 is 0.960 bits per heavy atom. The van der Waals surface area contributed by atoms with Crippen LogP contribution in [0.2, 0.25) is 0 Å². The first-order chi connectivity index (χ1) is 11.7. The van der Waals surface area contributed by atoms with E-state index in [2.05, 4.69) is 31.4 Å². The van der Waals surface area contributed by atoms with Crippen LogP contribution in [-0.2, 0) is 10.2 Å². The molecule has 0 fully saturated rings. The van der Waals surface area contributed by atoms with E-state index in [-0.39, 0.29) is 17.5 Å². The number of hydrogen-bond acceptors (Lipinski definition) is 2. The molecule has 0 unspecified atom stereocenters. The highest BCUT2D eigenvalue weighted by molar-refractivity contribution is 5.91. The number of nitrogens with one attached hydrogen (secondary N) is 2. The Hall–Kier alpha value is -2.50. The highest BCUT2D eigenvalue weighted by atomic mass is 19.2. The van der Waals surface area contributed by atoms with Crippen molar-refractivity contribution in [2.45, 2.75) is 32.6 Å². The van der Waals surface area contributed by atoms with Crippen molar-refractivity contribution in [2.75, 3.05) is 17.2 Å². The smallest absolute Gasteiger partial charge is 0.226 e. The zero-order valence-corrected chi connectivity index (χ0v) is 14.4. The number of halogens is 3. The molecule has 2 aromatic carbocycles. The van der Waals surface area contributed by atoms with Gasteiger partial charge in [0.1, 0.15) is 0 Å². The first kappa shape index (κ1) is 18.8. The summed E-state index contributed by atoms with van der Waals surface area (Å²) in [5, 5.41) is 5.43. The lowest BCUT2D eigenvalue weighted by molar-refractivity contribution is -0.116. The molecule has 0 bridgehead atoms. The van der Waals surface area contributed by atoms with Crippen LogP contribution in [0.5, 0.6) is 0 Å². The quantitative estimate of drug-likeness (QED) is 0.758. The molecule has 2 aromatic rings. The number of para-hydroxylation sites is 1. The van der Waals surface area contributed by atoms with Gasteiger partial charge in [-0.05, 0) is 29.2 Å². The third kappa shape index (κ3) is 4.75. The van der Waals surface area contributed by atoms with Crippen LogP contribution in [0.4, 0.5) is 24.5 Å². The Labute approximate surface area is 145 Å². The van der Waals surface area contributed by atoms with Crippen LogP contribution in [0.3, 0.4) is 0 Å². The zero-order chi connectivity index (χ0) is 18.6. The van der Waals surface area contributed by atoms with E-state index in [1.54, 1.807) is 0 Å². The Morgan fingerprint density at radius 2 is 1.64 bits per heavy atom. The number of carbonyl (C=O) groups excluding carboxylic acids is 1. The summed E-state index contributed by atoms with van der Waals surface area (Å²) in [5.41, 5.74) is 1.60. The second-order valence-corrected chi connectivity index (χ2v) is 6.74. The fourth-order valence-electron chi connectivity index (χ4n) is 2.44. The third-order valence-electron chi connectivity index (χ3n) is 3.71. The van der Waals surface area contributed by atoms with E-state index in [4.69, 9.17) is 0 Å². The fourth-order valence-corrected chi connectivity index (χ4v) is 2.44. The highest BCUT2D eigenvalue weighted by Crippen LogP contribution is 2.29. The van der Waals surface area contributed by atoms with Crippen molar-refractivity contribution in [3.05, 3.63) is 59.4 Å². The molecule has 2 N–H and O–H groups in total. The fraction of sp³-hybridized carbons (Fsp3) is 0.316. The molecule has 134 valence electrons. The van der Waals surface area contributed by atoms with Crippen LogP contribution < -0.4 is 10.6 Å². The lowest BCUT2D eigenvalue weighted by Crippen LogP contribution is -2.19. The molecular weight excluding hydrogens is 329 g/mol. The number of amides is 1. The number of carbonyl (C=O) groups is 1. The van der Waals surface area contributed by atoms with Crippen molar-refractivity contribution >= 4 is 17.3 Å². The Balaban J connectivity index is 1.95. The molecule has 0 aliphatic heterocycles. The van der Waals surface area contributed by atoms with Gasteiger partial charge in [0.05, 0.1) is 5.69 Å². The van der Waals surface area contributed by atoms with Crippen molar-refractivity contribution in [2.24, 2.45) is 0 Å². The zero-order valence-electron chi connectivity index (χ0n) is 14.4. The summed E-state index contributed by atoms with van der Waals surface area (Å²) in [7, 11) is 0. The van der Waals surface area contributed by atoms with Crippen molar-refractivity contribution in [1.29, 1.82) is 0 Å². The van der Waals surface area contributed by atoms with Crippen molar-refractivity contribution in [1.82, 2.24) is 0 Å². The topological polar surface area (TPSA) is 41.1 Å². The van der Waals surface area contributed by atoms with Gasteiger partial charge in [0.15, 0.2) is 17.5 Å². The van der Waals surface area contributed by atoms with E-state index < -0.39 is 23.4 Å². The van der Waals surface area contributed by atoms with Gasteiger partial charge in [-0.1, -0.05) is 39.0 Å². The Kier molecular flexibility index (Phi) is 5.72. The molecule has 0 radical (unpaired) electrons. The van der Waals surface area contributed by atoms with Crippen LogP contribution in [0.15, 0.2) is 36.4 Å². The van der Waals surface area contributed by atoms with Gasteiger partial charge in [0.25, 0.3) is 0 Å². The SMILES string of the molecule is CC(C)(C)c1ccccc1NCCC(=O)Nc1ccc(F)c(F)c1F. The van der Waals surface area contributed by atoms with Gasteiger partial charge < -0.3 is 10.6 Å². The Morgan fingerprint density at radius 3 is 2.32 bits per heavy atom. The molecule has 0 atom stereocenters. The van der Waals surface area contributed by atoms with Crippen molar-refractivity contribution < 1.29 is 18.0 Å². The maximum absolute atomic E-state index is 13.5. The van der Waals surface area contributed by atoms with Crippen LogP contribution in [0, 0.1) is 17.5 Å². The molecule has 0 aromatic heterocycles. The van der Waals surface area contributed by atoms with Gasteiger partial charge in [-0.3, -0.25) is 4.79 Å². The number of rotatable bonds is 5. The van der Waals surface area contributed by atoms with Gasteiger partial charge in [-0.25, -0.2) is 13.2 Å². The normalized spacial score (nSPS) is 11.3. The first-order valence-corrected chi connectivity index (χ1v) is 7.97. The number of hydrogen-bond donors (Lipinski definition) is 2. The predicted molar refractivity (Wildman–Crippen MR) is 93.2 cm³/mol. The largest absolute Gasteiger partial charge is 0.384 e. The lowest BCUT2D eigenvalue weighted by atomic mass is 9.86. The summed E-state index contributed by atoms with van der Waals surface area (Å²) >= 11 is 0. The molecule has 0 aliphatic carbocycles. The second kappa shape index (κ2) is 7.59. The van der Waals surface area contributed by atoms with Gasteiger partial charge in [-0.15, -0.1) is 0 Å². The molecular formula is C19H21F3N2O. The second-order valence-electron chi connectivity index (χ2n) is 6.74. The maximum Gasteiger partial charge on any atom is 0.226 e. The molecule has 0 aliphatic rings. The van der Waals surface area contributed by atoms with Gasteiger partial charge >= 0.3 is 0 Å². The molecule has 0 spiro atoms. The predicted octanol–water partition coefficient (Wildman–Crippen LogP) is 4.84. The average Bonchev–Trinajstić information content (AvgIpc) is 2.55. The summed E-state index contributed by atoms with van der Waals surface area (Å²) in [4.78, 5) is 11.9. The molecule has 0 heterocycles. The van der Waals surface area contributed by atoms with E-state index in [1.165, 1.54) is 0 Å². The summed E-state index contributed by atoms with van der Waals surface area (Å²) in [6.07, 6.45) is 0.0525. The third-order valence-corrected chi connectivity index (χ3v) is 3.71. The summed E-state index contributed by atoms with van der Waals surface area (Å²) in [5.74, 6) is -4.80. The molecule has 6 heteroatoms. The van der Waals surface area contributed by atoms with E-state index >= 15 is 0 Å².